The Morgan fingerprint density at radius 2 is 1.61 bits per heavy atom. The summed E-state index contributed by atoms with van der Waals surface area (Å²) in [7, 11) is 2.81. The topological polar surface area (TPSA) is 109 Å². The van der Waals surface area contributed by atoms with Crippen molar-refractivity contribution in [2.24, 2.45) is 11.8 Å². The van der Waals surface area contributed by atoms with E-state index in [0.29, 0.717) is 29.7 Å². The second-order valence-corrected chi connectivity index (χ2v) is 10.8. The standard InChI is InChI=1S/C32H30N2O7/c1-39-29(35)11-19-15-33(16-19)21-7-9-25-27(13-21)41-28-14-22(34-17-20(18-34)12-30(36)40-2)8-10-26(28)31(25)23-5-3-4-6-24(23)32(37)38/h3-10,13-14,19-20H,11-12,15-18H2,1-2H3/p+1. The van der Waals surface area contributed by atoms with Crippen LogP contribution in [0, 0.1) is 11.8 Å². The molecule has 3 heterocycles. The lowest BCUT2D eigenvalue weighted by molar-refractivity contribution is -0.143. The van der Waals surface area contributed by atoms with Crippen molar-refractivity contribution in [2.45, 2.75) is 12.8 Å². The number of fused-ring (bicyclic) bond motifs is 2. The van der Waals surface area contributed by atoms with Gasteiger partial charge in [-0.1, -0.05) is 18.2 Å². The van der Waals surface area contributed by atoms with Crippen molar-refractivity contribution in [3.05, 3.63) is 71.6 Å². The van der Waals surface area contributed by atoms with E-state index in [1.165, 1.54) is 14.2 Å². The number of rotatable bonds is 7. The Hall–Kier alpha value is -4.66. The van der Waals surface area contributed by atoms with Crippen LogP contribution in [-0.2, 0) is 19.1 Å². The first kappa shape index (κ1) is 26.6. The maximum Gasteiger partial charge on any atom is 0.336 e. The van der Waals surface area contributed by atoms with Gasteiger partial charge in [0.2, 0.25) is 5.36 Å². The van der Waals surface area contributed by atoms with Crippen molar-refractivity contribution < 1.29 is 33.4 Å². The van der Waals surface area contributed by atoms with Crippen molar-refractivity contribution in [3.8, 4) is 22.5 Å². The number of methoxy groups -OCH3 is 2. The van der Waals surface area contributed by atoms with E-state index in [1.807, 2.05) is 48.5 Å². The van der Waals surface area contributed by atoms with Gasteiger partial charge in [-0.15, -0.1) is 0 Å². The van der Waals surface area contributed by atoms with Crippen LogP contribution in [0.1, 0.15) is 23.2 Å². The molecule has 0 radical (unpaired) electrons. The first-order chi connectivity index (χ1) is 19.8. The van der Waals surface area contributed by atoms with Crippen molar-refractivity contribution in [1.29, 1.82) is 0 Å². The van der Waals surface area contributed by atoms with Gasteiger partial charge in [0.05, 0.1) is 44.6 Å². The van der Waals surface area contributed by atoms with Crippen LogP contribution < -0.4 is 14.8 Å². The zero-order chi connectivity index (χ0) is 28.7. The molecule has 0 spiro atoms. The van der Waals surface area contributed by atoms with Crippen LogP contribution >= 0.6 is 0 Å². The first-order valence-corrected chi connectivity index (χ1v) is 13.6. The number of hydrogen-bond donors (Lipinski definition) is 1. The molecule has 2 saturated heterocycles. The Bertz CT molecular complexity index is 1710. The number of carboxylic acids is 1. The third-order valence-corrected chi connectivity index (χ3v) is 8.13. The summed E-state index contributed by atoms with van der Waals surface area (Å²) in [5.74, 6) is -0.271. The number of esters is 2. The van der Waals surface area contributed by atoms with Crippen molar-refractivity contribution in [3.63, 3.8) is 0 Å². The summed E-state index contributed by atoms with van der Waals surface area (Å²) < 4.78 is 18.3. The summed E-state index contributed by atoms with van der Waals surface area (Å²) in [6.07, 6.45) is 0.789. The fourth-order valence-corrected chi connectivity index (χ4v) is 5.90. The molecule has 0 amide bonds. The molecule has 9 heteroatoms. The molecule has 3 aliphatic heterocycles. The summed E-state index contributed by atoms with van der Waals surface area (Å²) in [5, 5.41) is 11.8. The highest BCUT2D eigenvalue weighted by atomic mass is 16.5. The number of carboxylic acid groups (broad SMARTS) is 1. The van der Waals surface area contributed by atoms with E-state index in [0.717, 1.165) is 53.7 Å². The number of hydrogen-bond acceptors (Lipinski definition) is 7. The fourth-order valence-electron chi connectivity index (χ4n) is 5.90. The molecule has 1 N–H and O–H groups in total. The number of carbonyl (C=O) groups excluding carboxylic acids is 2. The molecule has 1 aliphatic carbocycles. The second-order valence-electron chi connectivity index (χ2n) is 10.8. The van der Waals surface area contributed by atoms with Crippen LogP contribution in [0.25, 0.3) is 33.4 Å². The molecule has 4 aliphatic rings. The van der Waals surface area contributed by atoms with Gasteiger partial charge in [0, 0.05) is 53.3 Å². The number of benzene rings is 3. The predicted molar refractivity (Wildman–Crippen MR) is 153 cm³/mol. The lowest BCUT2D eigenvalue weighted by atomic mass is 9.90. The van der Waals surface area contributed by atoms with E-state index >= 15 is 0 Å². The molecule has 2 fully saturated rings. The molecule has 0 atom stereocenters. The number of aromatic carboxylic acids is 1. The maximum atomic E-state index is 12.2. The van der Waals surface area contributed by atoms with E-state index in [2.05, 4.69) is 9.48 Å². The highest BCUT2D eigenvalue weighted by Gasteiger charge is 2.34. The van der Waals surface area contributed by atoms with Crippen molar-refractivity contribution >= 4 is 34.6 Å². The Morgan fingerprint density at radius 1 is 0.902 bits per heavy atom. The predicted octanol–water partition coefficient (Wildman–Crippen LogP) is 3.87. The minimum absolute atomic E-state index is 0.203. The number of carbonyl (C=O) groups is 3. The minimum atomic E-state index is -0.995. The van der Waals surface area contributed by atoms with Crippen LogP contribution in [0.2, 0.25) is 0 Å². The normalized spacial score (nSPS) is 16.8. The average Bonchev–Trinajstić information content (AvgIpc) is 2.94. The maximum absolute atomic E-state index is 12.2. The van der Waals surface area contributed by atoms with Crippen LogP contribution in [-0.4, -0.2) is 63.4 Å². The van der Waals surface area contributed by atoms with Gasteiger partial charge in [-0.2, -0.15) is 0 Å². The molecule has 41 heavy (non-hydrogen) atoms. The van der Waals surface area contributed by atoms with E-state index in [1.54, 1.807) is 12.1 Å². The molecule has 0 aromatic heterocycles. The third-order valence-electron chi connectivity index (χ3n) is 8.13. The Labute approximate surface area is 236 Å². The zero-order valence-corrected chi connectivity index (χ0v) is 23.0. The second kappa shape index (κ2) is 10.7. The molecule has 0 bridgehead atoms. The van der Waals surface area contributed by atoms with Gasteiger partial charge >= 0.3 is 17.9 Å². The lowest BCUT2D eigenvalue weighted by Gasteiger charge is -2.40. The highest BCUT2D eigenvalue weighted by Crippen LogP contribution is 2.42. The molecule has 6 rings (SSSR count). The smallest absolute Gasteiger partial charge is 0.336 e. The monoisotopic (exact) mass is 555 g/mol. The highest BCUT2D eigenvalue weighted by molar-refractivity contribution is 6.07. The van der Waals surface area contributed by atoms with E-state index in [4.69, 9.17) is 13.9 Å². The van der Waals surface area contributed by atoms with Crippen LogP contribution in [0.4, 0.5) is 5.69 Å². The van der Waals surface area contributed by atoms with Crippen LogP contribution in [0.15, 0.2) is 65.1 Å². The number of anilines is 1. The summed E-state index contributed by atoms with van der Waals surface area (Å²) in [4.78, 5) is 37.7. The van der Waals surface area contributed by atoms with Gasteiger partial charge in [0.15, 0.2) is 13.1 Å². The zero-order valence-electron chi connectivity index (χ0n) is 23.0. The van der Waals surface area contributed by atoms with Crippen molar-refractivity contribution in [2.75, 3.05) is 45.3 Å². The summed E-state index contributed by atoms with van der Waals surface area (Å²) in [5.41, 5.74) is 4.08. The Balaban J connectivity index is 1.44. The van der Waals surface area contributed by atoms with Gasteiger partial charge in [0.25, 0.3) is 0 Å². The summed E-state index contributed by atoms with van der Waals surface area (Å²) in [6, 6.07) is 19.0. The molecular formula is C32H31N2O7+. The van der Waals surface area contributed by atoms with Crippen LogP contribution in [0.5, 0.6) is 0 Å². The quantitative estimate of drug-likeness (QED) is 0.208. The minimum Gasteiger partial charge on any atom is -0.478 e. The molecule has 2 aromatic rings. The summed E-state index contributed by atoms with van der Waals surface area (Å²) >= 11 is 0. The number of ether oxygens (including phenoxy) is 2. The van der Waals surface area contributed by atoms with Gasteiger partial charge in [-0.25, -0.2) is 9.37 Å². The molecule has 9 nitrogen and oxygen atoms in total. The van der Waals surface area contributed by atoms with Gasteiger partial charge in [-0.3, -0.25) is 9.59 Å². The van der Waals surface area contributed by atoms with Gasteiger partial charge < -0.3 is 23.9 Å². The SMILES string of the molecule is COC(=O)CC1CN(c2ccc3c(-c4ccccc4C(=O)O)c4ccc(=[N+]5CC(CC(=O)OC)C5)cc-4oc3c2)C1. The molecule has 210 valence electrons. The third kappa shape index (κ3) is 5.03. The molecule has 2 aromatic carbocycles. The Kier molecular flexibility index (Phi) is 6.95. The van der Waals surface area contributed by atoms with Gasteiger partial charge in [-0.05, 0) is 29.8 Å². The largest absolute Gasteiger partial charge is 0.478 e. The summed E-state index contributed by atoms with van der Waals surface area (Å²) in [6.45, 7) is 2.98. The van der Waals surface area contributed by atoms with E-state index in [9.17, 15) is 19.5 Å². The van der Waals surface area contributed by atoms with Crippen molar-refractivity contribution in [1.82, 2.24) is 4.58 Å². The van der Waals surface area contributed by atoms with E-state index < -0.39 is 5.97 Å². The molecule has 0 unspecified atom stereocenters. The fraction of sp³-hybridized carbons (Fsp3) is 0.312. The Morgan fingerprint density at radius 3 is 2.32 bits per heavy atom. The van der Waals surface area contributed by atoms with Gasteiger partial charge in [0.1, 0.15) is 11.3 Å². The van der Waals surface area contributed by atoms with Crippen LogP contribution in [0.3, 0.4) is 0 Å². The lowest BCUT2D eigenvalue weighted by Crippen LogP contribution is -2.49. The number of nitrogens with zero attached hydrogens (tertiary/aromatic N) is 2. The average molecular weight is 556 g/mol. The molecule has 0 saturated carbocycles. The van der Waals surface area contributed by atoms with E-state index in [-0.39, 0.29) is 29.3 Å². The first-order valence-electron chi connectivity index (χ1n) is 13.6. The molecular weight excluding hydrogens is 524 g/mol.